The number of carbonyl (C=O) groups excluding carboxylic acids is 1. The van der Waals surface area contributed by atoms with Crippen LogP contribution in [0.4, 0.5) is 4.79 Å². The lowest BCUT2D eigenvalue weighted by molar-refractivity contribution is 0.237. The number of nitrogens with zero attached hydrogens (tertiary/aromatic N) is 3. The van der Waals surface area contributed by atoms with Crippen LogP contribution in [0.5, 0.6) is 0 Å². The molecule has 1 unspecified atom stereocenters. The zero-order chi connectivity index (χ0) is 14.2. The van der Waals surface area contributed by atoms with Crippen LogP contribution in [0.25, 0.3) is 0 Å². The third-order valence-electron chi connectivity index (χ3n) is 3.66. The Bertz CT molecular complexity index is 624. The number of amides is 2. The Balaban J connectivity index is 1.50. The molecule has 2 N–H and O–H groups in total. The molecule has 9 heteroatoms. The van der Waals surface area contributed by atoms with E-state index < -0.39 is 9.84 Å². The molecule has 8 nitrogen and oxygen atoms in total. The minimum atomic E-state index is -2.98. The summed E-state index contributed by atoms with van der Waals surface area (Å²) in [6.07, 6.45) is 2.47. The van der Waals surface area contributed by atoms with Crippen LogP contribution in [0.3, 0.4) is 0 Å². The second kappa shape index (κ2) is 5.04. The van der Waals surface area contributed by atoms with Crippen LogP contribution >= 0.6 is 0 Å². The van der Waals surface area contributed by atoms with Crippen LogP contribution in [0.15, 0.2) is 0 Å². The first-order valence-corrected chi connectivity index (χ1v) is 8.51. The number of fused-ring (bicyclic) bond motifs is 1. The number of aromatic nitrogens is 3. The highest BCUT2D eigenvalue weighted by molar-refractivity contribution is 7.91. The third kappa shape index (κ3) is 2.77. The van der Waals surface area contributed by atoms with Crippen molar-refractivity contribution in [3.63, 3.8) is 0 Å². The summed E-state index contributed by atoms with van der Waals surface area (Å²) in [6.45, 7) is 1.19. The first-order valence-electron chi connectivity index (χ1n) is 6.69. The highest BCUT2D eigenvalue weighted by Gasteiger charge is 2.29. The Morgan fingerprint density at radius 1 is 1.40 bits per heavy atom. The second-order valence-electron chi connectivity index (χ2n) is 5.21. The number of hydrogen-bond donors (Lipinski definition) is 2. The first kappa shape index (κ1) is 13.3. The molecule has 0 radical (unpaired) electrons. The van der Waals surface area contributed by atoms with E-state index in [2.05, 4.69) is 20.8 Å². The van der Waals surface area contributed by atoms with E-state index in [0.29, 0.717) is 13.0 Å². The molecule has 3 rings (SSSR count). The standard InChI is InChI=1S/C11H17N5O3S/c17-11(13-8-3-5-20(18,19)7-8)12-6-10-15-14-9-2-1-4-16(9)10/h8H,1-7H2,(H2,12,13,17). The maximum atomic E-state index is 11.7. The SMILES string of the molecule is O=C(NCc1nnc2n1CCC2)NC1CCS(=O)(=O)C1. The van der Waals surface area contributed by atoms with E-state index in [1.807, 2.05) is 4.57 Å². The lowest BCUT2D eigenvalue weighted by Gasteiger charge is -2.11. The van der Waals surface area contributed by atoms with Gasteiger partial charge in [0.25, 0.3) is 0 Å². The minimum absolute atomic E-state index is 0.0285. The summed E-state index contributed by atoms with van der Waals surface area (Å²) >= 11 is 0. The Morgan fingerprint density at radius 2 is 2.25 bits per heavy atom. The van der Waals surface area contributed by atoms with Crippen molar-refractivity contribution in [2.45, 2.75) is 38.4 Å². The van der Waals surface area contributed by atoms with Crippen molar-refractivity contribution < 1.29 is 13.2 Å². The van der Waals surface area contributed by atoms with E-state index in [1.165, 1.54) is 0 Å². The number of aryl methyl sites for hydroxylation is 1. The topological polar surface area (TPSA) is 106 Å². The molecule has 0 spiro atoms. The van der Waals surface area contributed by atoms with E-state index >= 15 is 0 Å². The average molecular weight is 299 g/mol. The molecular formula is C11H17N5O3S. The van der Waals surface area contributed by atoms with Crippen molar-refractivity contribution in [2.24, 2.45) is 0 Å². The van der Waals surface area contributed by atoms with Gasteiger partial charge in [0, 0.05) is 19.0 Å². The molecule has 0 aromatic carbocycles. The third-order valence-corrected chi connectivity index (χ3v) is 5.43. The van der Waals surface area contributed by atoms with Gasteiger partial charge < -0.3 is 15.2 Å². The summed E-state index contributed by atoms with van der Waals surface area (Å²) < 4.78 is 24.6. The molecule has 0 aliphatic carbocycles. The molecule has 110 valence electrons. The van der Waals surface area contributed by atoms with Gasteiger partial charge in [0.05, 0.1) is 18.1 Å². The summed E-state index contributed by atoms with van der Waals surface area (Å²) in [5.74, 6) is 1.88. The predicted molar refractivity (Wildman–Crippen MR) is 70.8 cm³/mol. The highest BCUT2D eigenvalue weighted by Crippen LogP contribution is 2.14. The summed E-state index contributed by atoms with van der Waals surface area (Å²) in [5.41, 5.74) is 0. The normalized spacial score (nSPS) is 23.5. The number of carbonyl (C=O) groups is 1. The van der Waals surface area contributed by atoms with Gasteiger partial charge in [0.15, 0.2) is 15.7 Å². The summed E-state index contributed by atoms with van der Waals surface area (Å²) in [7, 11) is -2.98. The van der Waals surface area contributed by atoms with Gasteiger partial charge in [0.2, 0.25) is 0 Å². The van der Waals surface area contributed by atoms with Gasteiger partial charge in [0.1, 0.15) is 5.82 Å². The fourth-order valence-corrected chi connectivity index (χ4v) is 4.32. The maximum absolute atomic E-state index is 11.7. The molecule has 2 aliphatic rings. The van der Waals surface area contributed by atoms with Gasteiger partial charge in [-0.3, -0.25) is 0 Å². The molecule has 1 aromatic rings. The molecule has 2 amide bonds. The lowest BCUT2D eigenvalue weighted by atomic mass is 10.3. The van der Waals surface area contributed by atoms with E-state index in [9.17, 15) is 13.2 Å². The summed E-state index contributed by atoms with van der Waals surface area (Å²) in [6, 6.07) is -0.647. The Hall–Kier alpha value is -1.64. The number of nitrogens with one attached hydrogen (secondary N) is 2. The number of hydrogen-bond acceptors (Lipinski definition) is 5. The van der Waals surface area contributed by atoms with Crippen LogP contribution in [0, 0.1) is 0 Å². The molecule has 2 aliphatic heterocycles. The van der Waals surface area contributed by atoms with Gasteiger partial charge >= 0.3 is 6.03 Å². The maximum Gasteiger partial charge on any atom is 0.315 e. The van der Waals surface area contributed by atoms with Gasteiger partial charge in [-0.05, 0) is 12.8 Å². The molecule has 1 saturated heterocycles. The van der Waals surface area contributed by atoms with E-state index in [-0.39, 0.29) is 23.6 Å². The van der Waals surface area contributed by atoms with Crippen LogP contribution in [0.2, 0.25) is 0 Å². The molecule has 1 fully saturated rings. The molecular weight excluding hydrogens is 282 g/mol. The minimum Gasteiger partial charge on any atom is -0.334 e. The van der Waals surface area contributed by atoms with Gasteiger partial charge in [-0.15, -0.1) is 10.2 Å². The monoisotopic (exact) mass is 299 g/mol. The van der Waals surface area contributed by atoms with Gasteiger partial charge in [-0.2, -0.15) is 0 Å². The van der Waals surface area contributed by atoms with Crippen LogP contribution < -0.4 is 10.6 Å². The van der Waals surface area contributed by atoms with Gasteiger partial charge in [-0.25, -0.2) is 13.2 Å². The zero-order valence-corrected chi connectivity index (χ0v) is 11.8. The van der Waals surface area contributed by atoms with Crippen LogP contribution in [0.1, 0.15) is 24.5 Å². The number of urea groups is 1. The fourth-order valence-electron chi connectivity index (χ4n) is 2.65. The number of rotatable bonds is 3. The van der Waals surface area contributed by atoms with Crippen molar-refractivity contribution in [3.05, 3.63) is 11.6 Å². The largest absolute Gasteiger partial charge is 0.334 e. The van der Waals surface area contributed by atoms with Crippen molar-refractivity contribution in [2.75, 3.05) is 11.5 Å². The van der Waals surface area contributed by atoms with Crippen molar-refractivity contribution in [3.8, 4) is 0 Å². The lowest BCUT2D eigenvalue weighted by Crippen LogP contribution is -2.42. The molecule has 3 heterocycles. The zero-order valence-electron chi connectivity index (χ0n) is 11.0. The van der Waals surface area contributed by atoms with E-state index in [1.54, 1.807) is 0 Å². The van der Waals surface area contributed by atoms with Gasteiger partial charge in [-0.1, -0.05) is 0 Å². The fraction of sp³-hybridized carbons (Fsp3) is 0.727. The smallest absolute Gasteiger partial charge is 0.315 e. The van der Waals surface area contributed by atoms with Crippen molar-refractivity contribution in [1.82, 2.24) is 25.4 Å². The summed E-state index contributed by atoms with van der Waals surface area (Å²) in [5, 5.41) is 13.5. The highest BCUT2D eigenvalue weighted by atomic mass is 32.2. The van der Waals surface area contributed by atoms with E-state index in [0.717, 1.165) is 31.0 Å². The average Bonchev–Trinajstić information content (AvgIpc) is 3.03. The Labute approximate surface area is 116 Å². The van der Waals surface area contributed by atoms with E-state index in [4.69, 9.17) is 0 Å². The predicted octanol–water partition coefficient (Wildman–Crippen LogP) is -0.789. The van der Waals surface area contributed by atoms with Crippen LogP contribution in [-0.4, -0.2) is 46.8 Å². The quantitative estimate of drug-likeness (QED) is 0.761. The molecule has 1 aromatic heterocycles. The second-order valence-corrected chi connectivity index (χ2v) is 7.44. The van der Waals surface area contributed by atoms with Crippen molar-refractivity contribution in [1.29, 1.82) is 0 Å². The van der Waals surface area contributed by atoms with Crippen molar-refractivity contribution >= 4 is 15.9 Å². The number of sulfone groups is 1. The van der Waals surface area contributed by atoms with Crippen LogP contribution in [-0.2, 0) is 29.3 Å². The Kier molecular flexibility index (Phi) is 3.36. The molecule has 20 heavy (non-hydrogen) atoms. The molecule has 1 atom stereocenters. The molecule has 0 bridgehead atoms. The Morgan fingerprint density at radius 3 is 3.00 bits per heavy atom. The first-order chi connectivity index (χ1) is 9.53. The molecule has 0 saturated carbocycles. The summed E-state index contributed by atoms with van der Waals surface area (Å²) in [4.78, 5) is 11.7.